The number of fused-ring (bicyclic) bond motifs is 1. The quantitative estimate of drug-likeness (QED) is 0.118. The van der Waals surface area contributed by atoms with Crippen LogP contribution in [0.2, 0.25) is 0 Å². The normalized spacial score (nSPS) is 11.5. The van der Waals surface area contributed by atoms with E-state index in [9.17, 15) is 14.7 Å². The summed E-state index contributed by atoms with van der Waals surface area (Å²) in [6.45, 7) is 6.34. The van der Waals surface area contributed by atoms with Gasteiger partial charge in [0.15, 0.2) is 0 Å². The zero-order valence-corrected chi connectivity index (χ0v) is 24.6. The van der Waals surface area contributed by atoms with Gasteiger partial charge in [0.1, 0.15) is 37.1 Å². The summed E-state index contributed by atoms with van der Waals surface area (Å²) in [5.74, 6) is -0.865. The standard InChI is InChI=1S/C35H36FNO6/c1-23-9-18-31(24(2)21-23)43-20-5-4-19-42-28-15-11-26(12-16-28)10-13-27-14-17-30(36)34-29(7-6-8-32(38)39)25(3)37(35(27)34)22-33(40)41/h4-5,9-18,21H,6-8,19-20,22H2,1-3H3,(H,38,39)(H,40,41)/b5-4+,13-10?. The number of carboxylic acids is 2. The van der Waals surface area contributed by atoms with Gasteiger partial charge < -0.3 is 24.3 Å². The number of hydrogen-bond donors (Lipinski definition) is 2. The Bertz CT molecular complexity index is 1670. The first-order chi connectivity index (χ1) is 20.6. The van der Waals surface area contributed by atoms with Gasteiger partial charge in [0.05, 0.1) is 5.52 Å². The first-order valence-electron chi connectivity index (χ1n) is 14.1. The van der Waals surface area contributed by atoms with Crippen LogP contribution in [-0.4, -0.2) is 39.9 Å². The molecule has 0 radical (unpaired) electrons. The molecule has 0 aliphatic heterocycles. The predicted octanol–water partition coefficient (Wildman–Crippen LogP) is 7.38. The van der Waals surface area contributed by atoms with Gasteiger partial charge >= 0.3 is 11.9 Å². The van der Waals surface area contributed by atoms with Gasteiger partial charge in [-0.1, -0.05) is 42.0 Å². The molecule has 4 rings (SSSR count). The molecular formula is C35H36FNO6. The van der Waals surface area contributed by atoms with Crippen LogP contribution in [0.1, 0.15) is 46.4 Å². The highest BCUT2D eigenvalue weighted by molar-refractivity contribution is 5.95. The van der Waals surface area contributed by atoms with Gasteiger partial charge in [-0.15, -0.1) is 0 Å². The number of carbonyl (C=O) groups is 2. The molecule has 43 heavy (non-hydrogen) atoms. The highest BCUT2D eigenvalue weighted by atomic mass is 19.1. The first kappa shape index (κ1) is 31.1. The van der Waals surface area contributed by atoms with Crippen molar-refractivity contribution in [3.05, 3.63) is 106 Å². The first-order valence-corrected chi connectivity index (χ1v) is 14.1. The fraction of sp³-hybridized carbons (Fsp3) is 0.257. The molecular weight excluding hydrogens is 549 g/mol. The van der Waals surface area contributed by atoms with E-state index in [4.69, 9.17) is 14.6 Å². The van der Waals surface area contributed by atoms with E-state index in [1.54, 1.807) is 17.6 Å². The number of hydrogen-bond acceptors (Lipinski definition) is 4. The Hall–Kier alpha value is -4.85. The van der Waals surface area contributed by atoms with Crippen LogP contribution >= 0.6 is 0 Å². The van der Waals surface area contributed by atoms with Gasteiger partial charge in [-0.05, 0) is 98.4 Å². The molecule has 0 unspecified atom stereocenters. The summed E-state index contributed by atoms with van der Waals surface area (Å²) < 4.78 is 28.3. The molecule has 7 nitrogen and oxygen atoms in total. The second-order valence-electron chi connectivity index (χ2n) is 10.4. The Kier molecular flexibility index (Phi) is 10.4. The molecule has 0 aliphatic carbocycles. The maximum Gasteiger partial charge on any atom is 0.323 e. The van der Waals surface area contributed by atoms with Gasteiger partial charge in [0.2, 0.25) is 0 Å². The Morgan fingerprint density at radius 1 is 0.884 bits per heavy atom. The van der Waals surface area contributed by atoms with Crippen LogP contribution in [0.5, 0.6) is 11.5 Å². The van der Waals surface area contributed by atoms with Crippen molar-refractivity contribution in [2.24, 2.45) is 0 Å². The third-order valence-electron chi connectivity index (χ3n) is 7.20. The van der Waals surface area contributed by atoms with Crippen LogP contribution in [0.25, 0.3) is 23.1 Å². The Labute approximate surface area is 250 Å². The topological polar surface area (TPSA) is 98.0 Å². The zero-order chi connectivity index (χ0) is 30.9. The molecule has 0 amide bonds. The molecule has 3 aromatic carbocycles. The highest BCUT2D eigenvalue weighted by Crippen LogP contribution is 2.33. The predicted molar refractivity (Wildman–Crippen MR) is 166 cm³/mol. The zero-order valence-electron chi connectivity index (χ0n) is 24.6. The molecule has 2 N–H and O–H groups in total. The highest BCUT2D eigenvalue weighted by Gasteiger charge is 2.21. The molecule has 0 saturated heterocycles. The fourth-order valence-electron chi connectivity index (χ4n) is 5.10. The number of aliphatic carboxylic acids is 2. The van der Waals surface area contributed by atoms with Gasteiger partial charge in [0, 0.05) is 17.5 Å². The molecule has 224 valence electrons. The number of ether oxygens (including phenoxy) is 2. The second kappa shape index (κ2) is 14.4. The summed E-state index contributed by atoms with van der Waals surface area (Å²) in [6, 6.07) is 16.6. The molecule has 8 heteroatoms. The van der Waals surface area contributed by atoms with Gasteiger partial charge in [-0.25, -0.2) is 4.39 Å². The minimum absolute atomic E-state index is 0.0512. The summed E-state index contributed by atoms with van der Waals surface area (Å²) in [5, 5.41) is 18.9. The lowest BCUT2D eigenvalue weighted by Crippen LogP contribution is -2.10. The van der Waals surface area contributed by atoms with Crippen LogP contribution in [0.3, 0.4) is 0 Å². The van der Waals surface area contributed by atoms with Gasteiger partial charge in [-0.2, -0.15) is 0 Å². The van der Waals surface area contributed by atoms with Gasteiger partial charge in [-0.3, -0.25) is 9.59 Å². The number of benzene rings is 3. The smallest absolute Gasteiger partial charge is 0.323 e. The Morgan fingerprint density at radius 3 is 2.28 bits per heavy atom. The van der Waals surface area contributed by atoms with E-state index < -0.39 is 17.8 Å². The van der Waals surface area contributed by atoms with Crippen molar-refractivity contribution in [3.8, 4) is 11.5 Å². The number of halogens is 1. The number of nitrogens with zero attached hydrogens (tertiary/aromatic N) is 1. The Balaban J connectivity index is 1.43. The molecule has 0 atom stereocenters. The molecule has 0 bridgehead atoms. The monoisotopic (exact) mass is 585 g/mol. The summed E-state index contributed by atoms with van der Waals surface area (Å²) in [7, 11) is 0. The van der Waals surface area contributed by atoms with Crippen LogP contribution in [0.15, 0.2) is 66.7 Å². The molecule has 1 aromatic heterocycles. The van der Waals surface area contributed by atoms with E-state index in [-0.39, 0.29) is 13.0 Å². The van der Waals surface area contributed by atoms with E-state index in [2.05, 4.69) is 6.07 Å². The minimum Gasteiger partial charge on any atom is -0.490 e. The minimum atomic E-state index is -1.05. The summed E-state index contributed by atoms with van der Waals surface area (Å²) in [4.78, 5) is 22.7. The largest absolute Gasteiger partial charge is 0.490 e. The van der Waals surface area contributed by atoms with Crippen molar-refractivity contribution >= 4 is 35.0 Å². The number of rotatable bonds is 14. The van der Waals surface area contributed by atoms with E-state index in [0.717, 1.165) is 16.9 Å². The van der Waals surface area contributed by atoms with Crippen molar-refractivity contribution in [2.75, 3.05) is 13.2 Å². The van der Waals surface area contributed by atoms with Crippen molar-refractivity contribution in [2.45, 2.75) is 46.6 Å². The van der Waals surface area contributed by atoms with Crippen molar-refractivity contribution in [1.29, 1.82) is 0 Å². The van der Waals surface area contributed by atoms with E-state index in [0.29, 0.717) is 59.5 Å². The van der Waals surface area contributed by atoms with E-state index >= 15 is 4.39 Å². The molecule has 0 aliphatic rings. The number of aromatic nitrogens is 1. The second-order valence-corrected chi connectivity index (χ2v) is 10.4. The average Bonchev–Trinajstić information content (AvgIpc) is 3.23. The lowest BCUT2D eigenvalue weighted by atomic mass is 10.0. The lowest BCUT2D eigenvalue weighted by Gasteiger charge is -2.08. The maximum atomic E-state index is 15.1. The van der Waals surface area contributed by atoms with Crippen LogP contribution < -0.4 is 9.47 Å². The summed E-state index contributed by atoms with van der Waals surface area (Å²) >= 11 is 0. The lowest BCUT2D eigenvalue weighted by molar-refractivity contribution is -0.138. The third-order valence-corrected chi connectivity index (χ3v) is 7.20. The van der Waals surface area contributed by atoms with Crippen LogP contribution in [-0.2, 0) is 22.6 Å². The van der Waals surface area contributed by atoms with Crippen LogP contribution in [0, 0.1) is 26.6 Å². The Morgan fingerprint density at radius 2 is 1.60 bits per heavy atom. The molecule has 0 spiro atoms. The fourth-order valence-corrected chi connectivity index (χ4v) is 5.10. The van der Waals surface area contributed by atoms with E-state index in [1.165, 1.54) is 11.6 Å². The third kappa shape index (κ3) is 8.13. The molecule has 0 fully saturated rings. The average molecular weight is 586 g/mol. The molecule has 0 saturated carbocycles. The van der Waals surface area contributed by atoms with Crippen molar-refractivity contribution in [3.63, 3.8) is 0 Å². The number of aryl methyl sites for hydroxylation is 3. The molecule has 4 aromatic rings. The van der Waals surface area contributed by atoms with Crippen LogP contribution in [0.4, 0.5) is 4.39 Å². The summed E-state index contributed by atoms with van der Waals surface area (Å²) in [6.07, 6.45) is 8.13. The SMILES string of the molecule is Cc1ccc(OC/C=C/COc2ccc(C=Cc3ccc(F)c4c(CCCC(=O)O)c(C)n(CC(=O)O)c34)cc2)c(C)c1. The summed E-state index contributed by atoms with van der Waals surface area (Å²) in [5.41, 5.74) is 5.59. The maximum absolute atomic E-state index is 15.1. The molecule has 1 heterocycles. The number of carboxylic acid groups (broad SMARTS) is 2. The van der Waals surface area contributed by atoms with Gasteiger partial charge in [0.25, 0.3) is 0 Å². The van der Waals surface area contributed by atoms with Crippen molar-refractivity contribution in [1.82, 2.24) is 4.57 Å². The van der Waals surface area contributed by atoms with Crippen molar-refractivity contribution < 1.29 is 33.7 Å². The van der Waals surface area contributed by atoms with E-state index in [1.807, 2.05) is 74.5 Å².